The van der Waals surface area contributed by atoms with Crippen molar-refractivity contribution in [2.75, 3.05) is 13.2 Å². The molecule has 2 aliphatic heterocycles. The second-order valence-electron chi connectivity index (χ2n) is 10.9. The van der Waals surface area contributed by atoms with Gasteiger partial charge in [0.15, 0.2) is 12.6 Å². The van der Waals surface area contributed by atoms with Crippen molar-refractivity contribution in [2.24, 2.45) is 0 Å². The lowest BCUT2D eigenvalue weighted by Gasteiger charge is -2.47. The summed E-state index contributed by atoms with van der Waals surface area (Å²) in [4.78, 5) is 0. The van der Waals surface area contributed by atoms with Crippen molar-refractivity contribution >= 4 is 0 Å². The molecule has 2 saturated heterocycles. The zero-order valence-corrected chi connectivity index (χ0v) is 24.2. The Morgan fingerprint density at radius 3 is 1.57 bits per heavy atom. The lowest BCUT2D eigenvalue weighted by molar-refractivity contribution is -0.384. The number of hydrogen-bond acceptors (Lipinski definition) is 11. The lowest BCUT2D eigenvalue weighted by Crippen LogP contribution is -2.64. The van der Waals surface area contributed by atoms with Gasteiger partial charge in [-0.1, -0.05) is 91.0 Å². The molecule has 3 aromatic carbocycles. The van der Waals surface area contributed by atoms with E-state index in [0.717, 1.165) is 16.7 Å². The van der Waals surface area contributed by atoms with Gasteiger partial charge < -0.3 is 54.0 Å². The third-order valence-electron chi connectivity index (χ3n) is 7.70. The fourth-order valence-electron chi connectivity index (χ4n) is 5.22. The van der Waals surface area contributed by atoms with Crippen molar-refractivity contribution in [1.82, 2.24) is 0 Å². The van der Waals surface area contributed by atoms with Crippen LogP contribution in [0.25, 0.3) is 0 Å². The van der Waals surface area contributed by atoms with Gasteiger partial charge in [-0.05, 0) is 16.7 Å². The Morgan fingerprint density at radius 2 is 1.02 bits per heavy atom. The van der Waals surface area contributed by atoms with E-state index in [1.165, 1.54) is 0 Å². The molecular formula is C33H40O11. The number of ether oxygens (including phenoxy) is 6. The van der Waals surface area contributed by atoms with E-state index >= 15 is 0 Å². The van der Waals surface area contributed by atoms with E-state index in [2.05, 4.69) is 0 Å². The van der Waals surface area contributed by atoms with Gasteiger partial charge in [0, 0.05) is 0 Å². The summed E-state index contributed by atoms with van der Waals surface area (Å²) in [6.07, 6.45) is -13.0. The van der Waals surface area contributed by atoms with Crippen LogP contribution in [0.3, 0.4) is 0 Å². The number of benzene rings is 3. The Kier molecular flexibility index (Phi) is 11.8. The number of hydrogen-bond donors (Lipinski definition) is 5. The highest BCUT2D eigenvalue weighted by atomic mass is 16.8. The first-order valence-corrected chi connectivity index (χ1v) is 14.7. The molecule has 0 bridgehead atoms. The molecule has 0 saturated carbocycles. The maximum absolute atomic E-state index is 11.6. The molecule has 0 aromatic heterocycles. The highest BCUT2D eigenvalue weighted by molar-refractivity contribution is 5.15. The van der Waals surface area contributed by atoms with Crippen LogP contribution < -0.4 is 0 Å². The Labute approximate surface area is 256 Å². The van der Waals surface area contributed by atoms with Gasteiger partial charge in [0.2, 0.25) is 0 Å². The van der Waals surface area contributed by atoms with Crippen molar-refractivity contribution in [1.29, 1.82) is 0 Å². The second kappa shape index (κ2) is 16.0. The molecule has 2 unspecified atom stereocenters. The predicted molar refractivity (Wildman–Crippen MR) is 156 cm³/mol. The molecule has 238 valence electrons. The fraction of sp³-hybridized carbons (Fsp3) is 0.455. The quantitative estimate of drug-likeness (QED) is 0.190. The minimum Gasteiger partial charge on any atom is -0.394 e. The van der Waals surface area contributed by atoms with E-state index in [1.807, 2.05) is 91.0 Å². The van der Waals surface area contributed by atoms with E-state index in [1.54, 1.807) is 0 Å². The molecule has 0 aliphatic carbocycles. The van der Waals surface area contributed by atoms with Crippen molar-refractivity contribution in [3.05, 3.63) is 108 Å². The monoisotopic (exact) mass is 612 g/mol. The van der Waals surface area contributed by atoms with Crippen LogP contribution in [0.2, 0.25) is 0 Å². The lowest BCUT2D eigenvalue weighted by atomic mass is 9.97. The van der Waals surface area contributed by atoms with Crippen LogP contribution in [0, 0.1) is 0 Å². The highest BCUT2D eigenvalue weighted by Crippen LogP contribution is 2.32. The van der Waals surface area contributed by atoms with Crippen molar-refractivity contribution < 1.29 is 54.0 Å². The summed E-state index contributed by atoms with van der Waals surface area (Å²) in [5, 5.41) is 52.6. The number of aliphatic hydroxyl groups is 5. The van der Waals surface area contributed by atoms with Gasteiger partial charge in [0.05, 0.1) is 33.0 Å². The minimum absolute atomic E-state index is 0.0266. The van der Waals surface area contributed by atoms with E-state index in [9.17, 15) is 25.5 Å². The number of aliphatic hydroxyl groups excluding tert-OH is 5. The molecule has 2 aliphatic rings. The molecular weight excluding hydrogens is 572 g/mol. The highest BCUT2D eigenvalue weighted by Gasteiger charge is 2.51. The third kappa shape index (κ3) is 8.27. The van der Waals surface area contributed by atoms with Gasteiger partial charge in [-0.2, -0.15) is 0 Å². The van der Waals surface area contributed by atoms with E-state index in [0.29, 0.717) is 0 Å². The fourth-order valence-corrected chi connectivity index (χ4v) is 5.22. The summed E-state index contributed by atoms with van der Waals surface area (Å²) >= 11 is 0. The first-order valence-electron chi connectivity index (χ1n) is 14.7. The summed E-state index contributed by atoms with van der Waals surface area (Å²) in [6.45, 7) is -0.104. The maximum atomic E-state index is 11.6. The van der Waals surface area contributed by atoms with Gasteiger partial charge >= 0.3 is 0 Å². The van der Waals surface area contributed by atoms with E-state index in [4.69, 9.17) is 28.4 Å². The first-order chi connectivity index (χ1) is 21.4. The summed E-state index contributed by atoms with van der Waals surface area (Å²) in [5.41, 5.74) is 2.66. The van der Waals surface area contributed by atoms with Gasteiger partial charge in [-0.25, -0.2) is 0 Å². The standard InChI is InChI=1S/C33H40O11/c34-16-24-26(35)28(37)29(38)32(42-24)44-33-31(41-19-23-14-8-3-9-15-23)30(40-18-22-12-6-2-7-13-22)27(36)25(43-33)20-39-17-21-10-4-1-5-11-21/h1-15,24-38H,16-20H2/t24-,25+,26+,27+,28+,29-,30-,31+,32?,33?/m1/s1. The maximum Gasteiger partial charge on any atom is 0.190 e. The molecule has 11 nitrogen and oxygen atoms in total. The third-order valence-corrected chi connectivity index (χ3v) is 7.70. The van der Waals surface area contributed by atoms with Gasteiger partial charge in [-0.15, -0.1) is 0 Å². The molecule has 10 atom stereocenters. The molecule has 5 N–H and O–H groups in total. The molecule has 5 rings (SSSR count). The average Bonchev–Trinajstić information content (AvgIpc) is 3.06. The van der Waals surface area contributed by atoms with Crippen LogP contribution in [-0.2, 0) is 48.2 Å². The molecule has 2 heterocycles. The predicted octanol–water partition coefficient (Wildman–Crippen LogP) is 1.28. The molecule has 11 heteroatoms. The molecule has 44 heavy (non-hydrogen) atoms. The molecule has 3 aromatic rings. The zero-order chi connectivity index (χ0) is 30.9. The summed E-state index contributed by atoms with van der Waals surface area (Å²) < 4.78 is 36.3. The summed E-state index contributed by atoms with van der Waals surface area (Å²) in [5.74, 6) is 0. The Morgan fingerprint density at radius 1 is 0.523 bits per heavy atom. The Bertz CT molecular complexity index is 1230. The first kappa shape index (κ1) is 32.6. The Hall–Kier alpha value is -2.78. The summed E-state index contributed by atoms with van der Waals surface area (Å²) in [7, 11) is 0. The second-order valence-corrected chi connectivity index (χ2v) is 10.9. The van der Waals surface area contributed by atoms with Crippen LogP contribution in [0.5, 0.6) is 0 Å². The van der Waals surface area contributed by atoms with Crippen LogP contribution >= 0.6 is 0 Å². The van der Waals surface area contributed by atoms with Crippen molar-refractivity contribution in [3.8, 4) is 0 Å². The van der Waals surface area contributed by atoms with Crippen LogP contribution in [0.4, 0.5) is 0 Å². The molecule has 2 fully saturated rings. The molecule has 0 radical (unpaired) electrons. The molecule has 0 amide bonds. The van der Waals surface area contributed by atoms with E-state index < -0.39 is 68.0 Å². The van der Waals surface area contributed by atoms with Crippen LogP contribution in [0.15, 0.2) is 91.0 Å². The van der Waals surface area contributed by atoms with Crippen molar-refractivity contribution in [3.63, 3.8) is 0 Å². The average molecular weight is 613 g/mol. The summed E-state index contributed by atoms with van der Waals surface area (Å²) in [6, 6.07) is 28.4. The van der Waals surface area contributed by atoms with Crippen molar-refractivity contribution in [2.45, 2.75) is 81.2 Å². The number of rotatable bonds is 13. The van der Waals surface area contributed by atoms with E-state index in [-0.39, 0.29) is 26.4 Å². The zero-order valence-electron chi connectivity index (χ0n) is 24.2. The van der Waals surface area contributed by atoms with Gasteiger partial charge in [0.1, 0.15) is 48.8 Å². The topological polar surface area (TPSA) is 157 Å². The van der Waals surface area contributed by atoms with Gasteiger partial charge in [0.25, 0.3) is 0 Å². The van der Waals surface area contributed by atoms with Crippen LogP contribution in [-0.4, -0.2) is 100 Å². The van der Waals surface area contributed by atoms with Crippen LogP contribution in [0.1, 0.15) is 16.7 Å². The minimum atomic E-state index is -1.67. The SMILES string of the molecule is OC[C@H]1OC(OC2O[C@@H](COCc3ccccc3)[C@H](O)[C@@H](OCc3ccccc3)[C@@H]2OCc2ccccc2)[C@H](O)[C@@H](O)[C@H]1O. The largest absolute Gasteiger partial charge is 0.394 e. The normalized spacial score (nSPS) is 32.4. The Balaban J connectivity index is 1.39. The smallest absolute Gasteiger partial charge is 0.190 e. The van der Waals surface area contributed by atoms with Gasteiger partial charge in [-0.3, -0.25) is 0 Å². The molecule has 0 spiro atoms.